The molecular formula is C13H19N5O3. The van der Waals surface area contributed by atoms with Crippen molar-refractivity contribution >= 4 is 11.8 Å². The SMILES string of the molecule is Cc1nc(C(=O)N2CCCC2C(=O)N2CCNCC2)no1. The van der Waals surface area contributed by atoms with Crippen molar-refractivity contribution in [3.05, 3.63) is 11.7 Å². The fourth-order valence-electron chi connectivity index (χ4n) is 2.88. The Morgan fingerprint density at radius 2 is 2.05 bits per heavy atom. The average Bonchev–Trinajstić information content (AvgIpc) is 3.15. The Morgan fingerprint density at radius 3 is 2.71 bits per heavy atom. The van der Waals surface area contributed by atoms with Gasteiger partial charge >= 0.3 is 0 Å². The molecule has 21 heavy (non-hydrogen) atoms. The van der Waals surface area contributed by atoms with E-state index in [1.165, 1.54) is 0 Å². The second kappa shape index (κ2) is 5.80. The van der Waals surface area contributed by atoms with Gasteiger partial charge < -0.3 is 19.6 Å². The minimum Gasteiger partial charge on any atom is -0.339 e. The maximum atomic E-state index is 12.6. The zero-order valence-electron chi connectivity index (χ0n) is 12.0. The lowest BCUT2D eigenvalue weighted by molar-refractivity contribution is -0.135. The molecule has 114 valence electrons. The maximum absolute atomic E-state index is 12.6. The third kappa shape index (κ3) is 2.76. The van der Waals surface area contributed by atoms with E-state index in [9.17, 15) is 9.59 Å². The molecule has 0 bridgehead atoms. The molecule has 2 aliphatic heterocycles. The average molecular weight is 293 g/mol. The van der Waals surface area contributed by atoms with E-state index in [0.29, 0.717) is 31.9 Å². The van der Waals surface area contributed by atoms with E-state index in [-0.39, 0.29) is 17.6 Å². The van der Waals surface area contributed by atoms with Crippen LogP contribution in [0.3, 0.4) is 0 Å². The van der Waals surface area contributed by atoms with Gasteiger partial charge in [0.1, 0.15) is 6.04 Å². The summed E-state index contributed by atoms with van der Waals surface area (Å²) in [4.78, 5) is 32.4. The molecule has 2 aliphatic rings. The predicted octanol–water partition coefficient (Wildman–Crippen LogP) is -0.586. The highest BCUT2D eigenvalue weighted by molar-refractivity contribution is 5.95. The third-order valence-corrected chi connectivity index (χ3v) is 3.95. The standard InChI is InChI=1S/C13H19N5O3/c1-9-15-11(16-21-9)13(20)18-6-2-3-10(18)12(19)17-7-4-14-5-8-17/h10,14H,2-8H2,1H3. The lowest BCUT2D eigenvalue weighted by Crippen LogP contribution is -2.53. The first-order valence-corrected chi connectivity index (χ1v) is 7.27. The lowest BCUT2D eigenvalue weighted by Gasteiger charge is -2.32. The van der Waals surface area contributed by atoms with Crippen molar-refractivity contribution in [2.24, 2.45) is 0 Å². The Balaban J connectivity index is 1.72. The van der Waals surface area contributed by atoms with Gasteiger partial charge in [0.25, 0.3) is 11.7 Å². The molecule has 1 unspecified atom stereocenters. The molecular weight excluding hydrogens is 274 g/mol. The van der Waals surface area contributed by atoms with Gasteiger partial charge in [-0.2, -0.15) is 4.98 Å². The van der Waals surface area contributed by atoms with Crippen molar-refractivity contribution in [2.45, 2.75) is 25.8 Å². The molecule has 2 saturated heterocycles. The van der Waals surface area contributed by atoms with Crippen molar-refractivity contribution in [3.8, 4) is 0 Å². The fourth-order valence-corrected chi connectivity index (χ4v) is 2.88. The number of nitrogens with zero attached hydrogens (tertiary/aromatic N) is 4. The number of rotatable bonds is 2. The summed E-state index contributed by atoms with van der Waals surface area (Å²) in [6.45, 7) is 5.19. The van der Waals surface area contributed by atoms with Crippen molar-refractivity contribution < 1.29 is 14.1 Å². The monoisotopic (exact) mass is 293 g/mol. The normalized spacial score (nSPS) is 22.6. The number of likely N-dealkylation sites (tertiary alicyclic amines) is 1. The number of amides is 2. The van der Waals surface area contributed by atoms with Gasteiger partial charge in [-0.05, 0) is 12.8 Å². The summed E-state index contributed by atoms with van der Waals surface area (Å²) in [5, 5.41) is 6.87. The van der Waals surface area contributed by atoms with Gasteiger partial charge in [0.05, 0.1) is 0 Å². The number of carbonyl (C=O) groups is 2. The molecule has 0 aliphatic carbocycles. The number of aromatic nitrogens is 2. The van der Waals surface area contributed by atoms with E-state index < -0.39 is 6.04 Å². The number of piperazine rings is 1. The largest absolute Gasteiger partial charge is 0.339 e. The highest BCUT2D eigenvalue weighted by Crippen LogP contribution is 2.21. The summed E-state index contributed by atoms with van der Waals surface area (Å²) in [5.41, 5.74) is 0. The van der Waals surface area contributed by atoms with Crippen LogP contribution in [0.5, 0.6) is 0 Å². The molecule has 8 nitrogen and oxygen atoms in total. The second-order valence-electron chi connectivity index (χ2n) is 5.37. The lowest BCUT2D eigenvalue weighted by atomic mass is 10.1. The molecule has 2 fully saturated rings. The molecule has 3 rings (SSSR count). The van der Waals surface area contributed by atoms with Crippen LogP contribution in [0.25, 0.3) is 0 Å². The van der Waals surface area contributed by atoms with Crippen molar-refractivity contribution in [3.63, 3.8) is 0 Å². The van der Waals surface area contributed by atoms with Gasteiger partial charge in [0, 0.05) is 39.6 Å². The van der Waals surface area contributed by atoms with Gasteiger partial charge in [-0.25, -0.2) is 0 Å². The summed E-state index contributed by atoms with van der Waals surface area (Å²) in [6, 6.07) is -0.394. The smallest absolute Gasteiger partial charge is 0.295 e. The third-order valence-electron chi connectivity index (χ3n) is 3.95. The summed E-state index contributed by atoms with van der Waals surface area (Å²) in [5.74, 6) is 0.0930. The van der Waals surface area contributed by atoms with E-state index in [1.54, 1.807) is 11.8 Å². The minimum atomic E-state index is -0.394. The Labute approximate surface area is 122 Å². The topological polar surface area (TPSA) is 91.6 Å². The molecule has 0 aromatic carbocycles. The van der Waals surface area contributed by atoms with Gasteiger partial charge in [-0.3, -0.25) is 9.59 Å². The Bertz CT molecular complexity index is 538. The van der Waals surface area contributed by atoms with Gasteiger partial charge in [0.2, 0.25) is 11.8 Å². The van der Waals surface area contributed by atoms with Crippen molar-refractivity contribution in [1.29, 1.82) is 0 Å². The molecule has 2 amide bonds. The van der Waals surface area contributed by atoms with Crippen LogP contribution in [-0.4, -0.2) is 70.5 Å². The summed E-state index contributed by atoms with van der Waals surface area (Å²) < 4.78 is 4.85. The number of hydrogen-bond acceptors (Lipinski definition) is 6. The Morgan fingerprint density at radius 1 is 1.29 bits per heavy atom. The summed E-state index contributed by atoms with van der Waals surface area (Å²) in [7, 11) is 0. The second-order valence-corrected chi connectivity index (χ2v) is 5.37. The highest BCUT2D eigenvalue weighted by Gasteiger charge is 2.38. The molecule has 0 spiro atoms. The first-order chi connectivity index (χ1) is 10.2. The minimum absolute atomic E-state index is 0.0302. The molecule has 1 atom stereocenters. The first-order valence-electron chi connectivity index (χ1n) is 7.27. The number of carbonyl (C=O) groups excluding carboxylic acids is 2. The molecule has 3 heterocycles. The number of aryl methyl sites for hydroxylation is 1. The molecule has 0 saturated carbocycles. The maximum Gasteiger partial charge on any atom is 0.295 e. The number of nitrogens with one attached hydrogen (secondary N) is 1. The highest BCUT2D eigenvalue weighted by atomic mass is 16.5. The molecule has 1 aromatic rings. The van der Waals surface area contributed by atoms with E-state index in [0.717, 1.165) is 19.5 Å². The first kappa shape index (κ1) is 14.0. The number of hydrogen-bond donors (Lipinski definition) is 1. The van der Waals surface area contributed by atoms with Crippen molar-refractivity contribution in [1.82, 2.24) is 25.3 Å². The predicted molar refractivity (Wildman–Crippen MR) is 72.5 cm³/mol. The summed E-state index contributed by atoms with van der Waals surface area (Å²) in [6.07, 6.45) is 1.52. The zero-order chi connectivity index (χ0) is 14.8. The quantitative estimate of drug-likeness (QED) is 0.784. The Hall–Kier alpha value is -1.96. The molecule has 8 heteroatoms. The fraction of sp³-hybridized carbons (Fsp3) is 0.692. The van der Waals surface area contributed by atoms with Crippen molar-refractivity contribution in [2.75, 3.05) is 32.7 Å². The molecule has 1 N–H and O–H groups in total. The van der Waals surface area contributed by atoms with E-state index >= 15 is 0 Å². The van der Waals surface area contributed by atoms with Crippen LogP contribution in [0.1, 0.15) is 29.4 Å². The van der Waals surface area contributed by atoms with E-state index in [2.05, 4.69) is 15.5 Å². The van der Waals surface area contributed by atoms with Gasteiger partial charge in [-0.15, -0.1) is 0 Å². The van der Waals surface area contributed by atoms with Gasteiger partial charge in [-0.1, -0.05) is 5.16 Å². The van der Waals surface area contributed by atoms with E-state index in [1.807, 2.05) is 4.90 Å². The van der Waals surface area contributed by atoms with Crippen LogP contribution in [-0.2, 0) is 4.79 Å². The molecule has 0 radical (unpaired) electrons. The summed E-state index contributed by atoms with van der Waals surface area (Å²) >= 11 is 0. The van der Waals surface area contributed by atoms with Crippen LogP contribution in [0, 0.1) is 6.92 Å². The zero-order valence-corrected chi connectivity index (χ0v) is 12.0. The van der Waals surface area contributed by atoms with Crippen LogP contribution < -0.4 is 5.32 Å². The van der Waals surface area contributed by atoms with Gasteiger partial charge in [0.15, 0.2) is 0 Å². The van der Waals surface area contributed by atoms with Crippen LogP contribution in [0.4, 0.5) is 0 Å². The molecule has 1 aromatic heterocycles. The van der Waals surface area contributed by atoms with Crippen LogP contribution >= 0.6 is 0 Å². The van der Waals surface area contributed by atoms with Crippen LogP contribution in [0.2, 0.25) is 0 Å². The van der Waals surface area contributed by atoms with E-state index in [4.69, 9.17) is 4.52 Å². The Kier molecular flexibility index (Phi) is 3.87. The van der Waals surface area contributed by atoms with Crippen LogP contribution in [0.15, 0.2) is 4.52 Å².